The standard InChI is InChI=1S/C14H32NO3Si.C2F6NO4S2/c1-5-10-15(11-6-7-12-15)13-8-9-14-19(16-2,17-3)18-4;3-1(4,5)14(10,11)9-15(12,13)2(6,7)8/h5-14H2,1-4H3;/q+1;-1. The lowest BCUT2D eigenvalue weighted by atomic mass is 10.2. The summed E-state index contributed by atoms with van der Waals surface area (Å²) in [6.07, 6.45) is 6.52. The molecule has 0 amide bonds. The molecule has 0 atom stereocenters. The van der Waals surface area contributed by atoms with Crippen molar-refractivity contribution in [2.24, 2.45) is 0 Å². The summed E-state index contributed by atoms with van der Waals surface area (Å²) in [5, 5.41) is 0. The summed E-state index contributed by atoms with van der Waals surface area (Å²) in [4.78, 5) is 0. The molecule has 1 rings (SSSR count). The van der Waals surface area contributed by atoms with Crippen molar-refractivity contribution in [3.63, 3.8) is 0 Å². The minimum Gasteiger partial charge on any atom is -0.421 e. The summed E-state index contributed by atoms with van der Waals surface area (Å²) >= 11 is 0. The van der Waals surface area contributed by atoms with Crippen LogP contribution in [0.4, 0.5) is 26.3 Å². The Hall–Kier alpha value is -0.503. The molecule has 0 saturated carbocycles. The number of nitrogens with zero attached hydrogens (tertiary/aromatic N) is 2. The van der Waals surface area contributed by atoms with E-state index in [0.29, 0.717) is 0 Å². The van der Waals surface area contributed by atoms with Crippen molar-refractivity contribution in [1.82, 2.24) is 0 Å². The maximum absolute atomic E-state index is 11.4. The first-order chi connectivity index (χ1) is 15.4. The summed E-state index contributed by atoms with van der Waals surface area (Å²) < 4.78 is 127. The zero-order chi connectivity index (χ0) is 26.9. The van der Waals surface area contributed by atoms with Crippen LogP contribution in [0.3, 0.4) is 0 Å². The number of alkyl halides is 6. The molecule has 0 unspecified atom stereocenters. The summed E-state index contributed by atoms with van der Waals surface area (Å²) in [6.45, 7) is 7.73. The van der Waals surface area contributed by atoms with Gasteiger partial charge in [0.15, 0.2) is 20.0 Å². The maximum atomic E-state index is 11.4. The minimum absolute atomic E-state index is 0.778. The third-order valence-corrected chi connectivity index (χ3v) is 10.9. The Balaban J connectivity index is 0.000000661. The molecule has 1 aliphatic heterocycles. The molecule has 34 heavy (non-hydrogen) atoms. The van der Waals surface area contributed by atoms with Gasteiger partial charge in [-0.25, -0.2) is 16.8 Å². The second kappa shape index (κ2) is 13.2. The quantitative estimate of drug-likeness (QED) is 0.152. The molecule has 0 spiro atoms. The van der Waals surface area contributed by atoms with E-state index in [1.165, 1.54) is 56.3 Å². The van der Waals surface area contributed by atoms with E-state index in [2.05, 4.69) is 6.92 Å². The molecule has 1 fully saturated rings. The first kappa shape index (κ1) is 33.5. The van der Waals surface area contributed by atoms with E-state index in [1.54, 1.807) is 21.3 Å². The number of sulfonamides is 2. The number of rotatable bonds is 12. The molecule has 0 aromatic rings. The largest absolute Gasteiger partial charge is 0.500 e. The molecule has 1 saturated heterocycles. The molecular formula is C16H32F6N2O7S2Si. The van der Waals surface area contributed by atoms with Gasteiger partial charge in [-0.2, -0.15) is 26.3 Å². The Morgan fingerprint density at radius 2 is 1.21 bits per heavy atom. The molecule has 0 radical (unpaired) electrons. The lowest BCUT2D eigenvalue weighted by Crippen LogP contribution is -2.47. The van der Waals surface area contributed by atoms with Crippen molar-refractivity contribution < 1.29 is 60.9 Å². The number of halogens is 6. The monoisotopic (exact) mass is 570 g/mol. The van der Waals surface area contributed by atoms with Crippen molar-refractivity contribution in [1.29, 1.82) is 0 Å². The van der Waals surface area contributed by atoms with Gasteiger partial charge in [0.2, 0.25) is 0 Å². The van der Waals surface area contributed by atoms with Crippen molar-refractivity contribution in [2.75, 3.05) is 47.5 Å². The van der Waals surface area contributed by atoms with Gasteiger partial charge in [0.05, 0.1) is 26.2 Å². The van der Waals surface area contributed by atoms with Crippen LogP contribution in [0.1, 0.15) is 39.0 Å². The van der Waals surface area contributed by atoms with Crippen LogP contribution in [0.2, 0.25) is 6.04 Å². The van der Waals surface area contributed by atoms with Gasteiger partial charge in [-0.3, -0.25) is 0 Å². The van der Waals surface area contributed by atoms with E-state index in [9.17, 15) is 43.2 Å². The smallest absolute Gasteiger partial charge is 0.421 e. The molecule has 0 aromatic heterocycles. The van der Waals surface area contributed by atoms with Crippen molar-refractivity contribution in [3.05, 3.63) is 4.13 Å². The highest BCUT2D eigenvalue weighted by atomic mass is 32.3. The maximum Gasteiger partial charge on any atom is 0.500 e. The number of likely N-dealkylation sites (tertiary alicyclic amines) is 1. The van der Waals surface area contributed by atoms with Crippen molar-refractivity contribution in [3.8, 4) is 0 Å². The molecule has 1 aliphatic rings. The van der Waals surface area contributed by atoms with Crippen LogP contribution in [0.25, 0.3) is 4.13 Å². The zero-order valence-electron chi connectivity index (χ0n) is 19.4. The van der Waals surface area contributed by atoms with Crippen LogP contribution in [0, 0.1) is 0 Å². The van der Waals surface area contributed by atoms with Gasteiger partial charge in [-0.15, -0.1) is 0 Å². The average molecular weight is 571 g/mol. The molecule has 1 heterocycles. The van der Waals surface area contributed by atoms with Gasteiger partial charge < -0.3 is 21.9 Å². The topological polar surface area (TPSA) is 110 Å². The molecule has 0 bridgehead atoms. The third kappa shape index (κ3) is 9.86. The normalized spacial score (nSPS) is 17.4. The number of unbranched alkanes of at least 4 members (excludes halogenated alkanes) is 1. The molecule has 18 heteroatoms. The summed E-state index contributed by atoms with van der Waals surface area (Å²) in [5.41, 5.74) is -12.4. The fourth-order valence-electron chi connectivity index (χ4n) is 3.60. The zero-order valence-corrected chi connectivity index (χ0v) is 22.0. The molecule has 0 N–H and O–H groups in total. The summed E-state index contributed by atoms with van der Waals surface area (Å²) in [6, 6.07) is 0.933. The second-order valence-electron chi connectivity index (χ2n) is 7.61. The molecule has 206 valence electrons. The van der Waals surface area contributed by atoms with E-state index in [4.69, 9.17) is 13.3 Å². The van der Waals surface area contributed by atoms with E-state index in [0.717, 1.165) is 16.6 Å². The highest BCUT2D eigenvalue weighted by Crippen LogP contribution is 2.36. The number of hydrogen-bond acceptors (Lipinski definition) is 7. The van der Waals surface area contributed by atoms with E-state index in [-0.39, 0.29) is 0 Å². The first-order valence-corrected chi connectivity index (χ1v) is 15.0. The molecule has 9 nitrogen and oxygen atoms in total. The van der Waals surface area contributed by atoms with Gasteiger partial charge in [-0.05, 0) is 19.3 Å². The van der Waals surface area contributed by atoms with Crippen LogP contribution in [0.15, 0.2) is 0 Å². The van der Waals surface area contributed by atoms with Crippen LogP contribution >= 0.6 is 0 Å². The van der Waals surface area contributed by atoms with Gasteiger partial charge in [0.25, 0.3) is 0 Å². The van der Waals surface area contributed by atoms with Gasteiger partial charge in [0, 0.05) is 40.2 Å². The van der Waals surface area contributed by atoms with Crippen molar-refractivity contribution in [2.45, 2.75) is 56.1 Å². The SMILES string of the molecule is CCC[N+]1(CCCC[Si](OC)(OC)OC)CCCC1.O=S(=O)([N-]S(=O)(=O)C(F)(F)F)C(F)(F)F. The Morgan fingerprint density at radius 1 is 0.794 bits per heavy atom. The average Bonchev–Trinajstić information content (AvgIpc) is 3.16. The lowest BCUT2D eigenvalue weighted by Gasteiger charge is -2.34. The number of hydrogen-bond donors (Lipinski definition) is 0. The Bertz CT molecular complexity index is 762. The highest BCUT2D eigenvalue weighted by molar-refractivity contribution is 8.13. The summed E-state index contributed by atoms with van der Waals surface area (Å²) in [5.74, 6) is 0. The van der Waals surface area contributed by atoms with E-state index >= 15 is 0 Å². The van der Waals surface area contributed by atoms with Gasteiger partial charge in [-0.1, -0.05) is 6.92 Å². The first-order valence-electron chi connectivity index (χ1n) is 10.2. The van der Waals surface area contributed by atoms with Crippen LogP contribution in [-0.2, 0) is 33.3 Å². The fourth-order valence-corrected chi connectivity index (χ4v) is 7.10. The van der Waals surface area contributed by atoms with E-state index < -0.39 is 39.9 Å². The predicted octanol–water partition coefficient (Wildman–Crippen LogP) is 3.72. The predicted molar refractivity (Wildman–Crippen MR) is 113 cm³/mol. The van der Waals surface area contributed by atoms with Crippen LogP contribution < -0.4 is 0 Å². The Kier molecular flexibility index (Phi) is 13.0. The fraction of sp³-hybridized carbons (Fsp3) is 1.00. The van der Waals surface area contributed by atoms with Gasteiger partial charge in [0.1, 0.15) is 0 Å². The van der Waals surface area contributed by atoms with Crippen molar-refractivity contribution >= 4 is 28.9 Å². The highest BCUT2D eigenvalue weighted by Gasteiger charge is 2.47. The van der Waals surface area contributed by atoms with Crippen LogP contribution in [0.5, 0.6) is 0 Å². The Labute approximate surface area is 197 Å². The molecule has 0 aliphatic carbocycles. The number of quaternary nitrogens is 1. The van der Waals surface area contributed by atoms with E-state index in [1.807, 2.05) is 0 Å². The molecular weight excluding hydrogens is 538 g/mol. The second-order valence-corrected chi connectivity index (χ2v) is 14.1. The lowest BCUT2D eigenvalue weighted by molar-refractivity contribution is -0.917. The summed E-state index contributed by atoms with van der Waals surface area (Å²) in [7, 11) is -10.7. The van der Waals surface area contributed by atoms with Crippen LogP contribution in [-0.4, -0.2) is 88.6 Å². The minimum atomic E-state index is -6.72. The Morgan fingerprint density at radius 3 is 1.53 bits per heavy atom. The molecule has 0 aromatic carbocycles. The third-order valence-electron chi connectivity index (χ3n) is 5.29. The van der Waals surface area contributed by atoms with Gasteiger partial charge >= 0.3 is 19.8 Å².